The first-order valence-corrected chi connectivity index (χ1v) is 8.80. The van der Waals surface area contributed by atoms with Crippen molar-refractivity contribution < 1.29 is 4.79 Å². The molecule has 0 aliphatic rings. The van der Waals surface area contributed by atoms with Crippen molar-refractivity contribution in [3.05, 3.63) is 83.9 Å². The van der Waals surface area contributed by atoms with Gasteiger partial charge in [0.15, 0.2) is 0 Å². The smallest absolute Gasteiger partial charge is 0.319 e. The molecule has 0 fully saturated rings. The summed E-state index contributed by atoms with van der Waals surface area (Å²) in [6.07, 6.45) is 3.82. The molecule has 0 atom stereocenters. The number of hydrogen-bond acceptors (Lipinski definition) is 2. The summed E-state index contributed by atoms with van der Waals surface area (Å²) in [7, 11) is 0. The third kappa shape index (κ3) is 4.72. The number of nitrogens with one attached hydrogen (secondary N) is 2. The zero-order valence-electron chi connectivity index (χ0n) is 15.1. The topological polar surface area (TPSA) is 59.0 Å². The van der Waals surface area contributed by atoms with Crippen LogP contribution in [0.15, 0.2) is 67.0 Å². The average molecular weight is 348 g/mol. The number of aromatic nitrogens is 2. The number of imidazole rings is 1. The summed E-state index contributed by atoms with van der Waals surface area (Å²) in [4.78, 5) is 16.5. The fourth-order valence-electron chi connectivity index (χ4n) is 2.85. The molecule has 5 heteroatoms. The van der Waals surface area contributed by atoms with Gasteiger partial charge < -0.3 is 15.2 Å². The minimum absolute atomic E-state index is 0.212. The fourth-order valence-corrected chi connectivity index (χ4v) is 2.85. The number of carbonyl (C=O) groups excluding carboxylic acids is 1. The number of anilines is 1. The Labute approximate surface area is 154 Å². The molecule has 0 saturated carbocycles. The third-order valence-corrected chi connectivity index (χ3v) is 4.10. The van der Waals surface area contributed by atoms with Crippen LogP contribution in [0.3, 0.4) is 0 Å². The van der Waals surface area contributed by atoms with Crippen LogP contribution in [0.5, 0.6) is 0 Å². The second kappa shape index (κ2) is 8.34. The van der Waals surface area contributed by atoms with E-state index in [9.17, 15) is 4.79 Å². The molecule has 0 radical (unpaired) electrons. The summed E-state index contributed by atoms with van der Waals surface area (Å²) in [6, 6.07) is 17.5. The normalized spacial score (nSPS) is 10.7. The van der Waals surface area contributed by atoms with Crippen molar-refractivity contribution >= 4 is 11.7 Å². The summed E-state index contributed by atoms with van der Waals surface area (Å²) in [5, 5.41) is 5.77. The fraction of sp³-hybridized carbons (Fsp3) is 0.238. The van der Waals surface area contributed by atoms with Crippen molar-refractivity contribution in [3.63, 3.8) is 0 Å². The molecule has 5 nitrogen and oxygen atoms in total. The Morgan fingerprint density at radius 3 is 2.62 bits per heavy atom. The van der Waals surface area contributed by atoms with Gasteiger partial charge in [-0.25, -0.2) is 9.78 Å². The molecular formula is C21H24N4O. The van der Waals surface area contributed by atoms with Gasteiger partial charge in [-0.15, -0.1) is 0 Å². The number of rotatable bonds is 6. The van der Waals surface area contributed by atoms with E-state index >= 15 is 0 Å². The predicted octanol–water partition coefficient (Wildman–Crippen LogP) is 4.38. The molecule has 0 aliphatic heterocycles. The number of carbonyl (C=O) groups is 1. The van der Waals surface area contributed by atoms with E-state index in [0.29, 0.717) is 12.5 Å². The van der Waals surface area contributed by atoms with Gasteiger partial charge in [-0.2, -0.15) is 0 Å². The monoisotopic (exact) mass is 348 g/mol. The van der Waals surface area contributed by atoms with E-state index in [4.69, 9.17) is 0 Å². The second-order valence-electron chi connectivity index (χ2n) is 6.56. The van der Waals surface area contributed by atoms with Crippen molar-refractivity contribution in [3.8, 4) is 0 Å². The lowest BCUT2D eigenvalue weighted by molar-refractivity contribution is 0.251. The molecule has 2 amide bonds. The van der Waals surface area contributed by atoms with Crippen LogP contribution >= 0.6 is 0 Å². The zero-order chi connectivity index (χ0) is 18.4. The maximum Gasteiger partial charge on any atom is 0.319 e. The Kier molecular flexibility index (Phi) is 5.69. The zero-order valence-corrected chi connectivity index (χ0v) is 15.1. The van der Waals surface area contributed by atoms with Gasteiger partial charge in [0.25, 0.3) is 0 Å². The van der Waals surface area contributed by atoms with Gasteiger partial charge in [-0.05, 0) is 23.3 Å². The van der Waals surface area contributed by atoms with E-state index in [1.165, 1.54) is 0 Å². The summed E-state index contributed by atoms with van der Waals surface area (Å²) in [5.74, 6) is 1.43. The first-order valence-electron chi connectivity index (χ1n) is 8.80. The minimum Gasteiger partial charge on any atom is -0.334 e. The Bertz CT molecular complexity index is 855. The van der Waals surface area contributed by atoms with Gasteiger partial charge in [0, 0.05) is 37.1 Å². The summed E-state index contributed by atoms with van der Waals surface area (Å²) in [6.45, 7) is 5.50. The van der Waals surface area contributed by atoms with Crippen molar-refractivity contribution in [2.24, 2.45) is 0 Å². The highest BCUT2D eigenvalue weighted by molar-refractivity contribution is 5.89. The molecule has 0 unspecified atom stereocenters. The predicted molar refractivity (Wildman–Crippen MR) is 104 cm³/mol. The number of nitrogens with zero attached hydrogens (tertiary/aromatic N) is 2. The molecule has 26 heavy (non-hydrogen) atoms. The quantitative estimate of drug-likeness (QED) is 0.695. The molecule has 3 aromatic rings. The van der Waals surface area contributed by atoms with Crippen LogP contribution in [0.4, 0.5) is 10.5 Å². The SMILES string of the molecule is CC(C)c1nccn1Cc1cccc(NC(=O)NCc2ccccc2)c1. The van der Waals surface area contributed by atoms with Crippen LogP contribution in [0.25, 0.3) is 0 Å². The molecule has 0 bridgehead atoms. The Morgan fingerprint density at radius 1 is 1.08 bits per heavy atom. The summed E-state index contributed by atoms with van der Waals surface area (Å²) in [5.41, 5.74) is 2.96. The number of amides is 2. The molecule has 134 valence electrons. The Morgan fingerprint density at radius 2 is 1.85 bits per heavy atom. The van der Waals surface area contributed by atoms with E-state index in [1.54, 1.807) is 0 Å². The van der Waals surface area contributed by atoms with E-state index < -0.39 is 0 Å². The lowest BCUT2D eigenvalue weighted by Gasteiger charge is -2.12. The maximum absolute atomic E-state index is 12.1. The first-order chi connectivity index (χ1) is 12.6. The van der Waals surface area contributed by atoms with Crippen LogP contribution in [0.2, 0.25) is 0 Å². The molecule has 1 heterocycles. The van der Waals surface area contributed by atoms with E-state index in [-0.39, 0.29) is 6.03 Å². The van der Waals surface area contributed by atoms with Gasteiger partial charge in [0.1, 0.15) is 5.82 Å². The molecule has 2 N–H and O–H groups in total. The highest BCUT2D eigenvalue weighted by atomic mass is 16.2. The van der Waals surface area contributed by atoms with E-state index in [2.05, 4.69) is 40.1 Å². The van der Waals surface area contributed by atoms with Crippen molar-refractivity contribution in [1.29, 1.82) is 0 Å². The van der Waals surface area contributed by atoms with Crippen molar-refractivity contribution in [1.82, 2.24) is 14.9 Å². The first kappa shape index (κ1) is 17.7. The Balaban J connectivity index is 1.60. The van der Waals surface area contributed by atoms with Crippen molar-refractivity contribution in [2.75, 3.05) is 5.32 Å². The summed E-state index contributed by atoms with van der Waals surface area (Å²) < 4.78 is 2.14. The maximum atomic E-state index is 12.1. The average Bonchev–Trinajstić information content (AvgIpc) is 3.09. The lowest BCUT2D eigenvalue weighted by atomic mass is 10.1. The highest BCUT2D eigenvalue weighted by Gasteiger charge is 2.08. The minimum atomic E-state index is -0.212. The molecule has 2 aromatic carbocycles. The summed E-state index contributed by atoms with van der Waals surface area (Å²) >= 11 is 0. The number of urea groups is 1. The largest absolute Gasteiger partial charge is 0.334 e. The van der Waals surface area contributed by atoms with Gasteiger partial charge in [-0.1, -0.05) is 56.3 Å². The Hall–Kier alpha value is -3.08. The molecule has 0 aliphatic carbocycles. The molecule has 0 spiro atoms. The second-order valence-corrected chi connectivity index (χ2v) is 6.56. The van der Waals surface area contributed by atoms with Gasteiger partial charge in [-0.3, -0.25) is 0 Å². The molecular weight excluding hydrogens is 324 g/mol. The lowest BCUT2D eigenvalue weighted by Crippen LogP contribution is -2.28. The van der Waals surface area contributed by atoms with Crippen LogP contribution in [-0.2, 0) is 13.1 Å². The van der Waals surface area contributed by atoms with Crippen molar-refractivity contribution in [2.45, 2.75) is 32.9 Å². The van der Waals surface area contributed by atoms with Crippen LogP contribution in [0.1, 0.15) is 36.7 Å². The van der Waals surface area contributed by atoms with Crippen LogP contribution in [0, 0.1) is 0 Å². The van der Waals surface area contributed by atoms with E-state index in [0.717, 1.165) is 29.2 Å². The number of hydrogen-bond donors (Lipinski definition) is 2. The van der Waals surface area contributed by atoms with Gasteiger partial charge in [0.05, 0.1) is 0 Å². The standard InChI is InChI=1S/C21H24N4O/c1-16(2)20-22-11-12-25(20)15-18-9-6-10-19(13-18)24-21(26)23-14-17-7-4-3-5-8-17/h3-13,16H,14-15H2,1-2H3,(H2,23,24,26). The number of benzene rings is 2. The molecule has 1 aromatic heterocycles. The van der Waals surface area contributed by atoms with E-state index in [1.807, 2.05) is 60.9 Å². The van der Waals surface area contributed by atoms with Gasteiger partial charge >= 0.3 is 6.03 Å². The third-order valence-electron chi connectivity index (χ3n) is 4.10. The highest BCUT2D eigenvalue weighted by Crippen LogP contribution is 2.16. The van der Waals surface area contributed by atoms with Crippen LogP contribution < -0.4 is 10.6 Å². The molecule has 0 saturated heterocycles. The van der Waals surface area contributed by atoms with Gasteiger partial charge in [0.2, 0.25) is 0 Å². The van der Waals surface area contributed by atoms with Crippen LogP contribution in [-0.4, -0.2) is 15.6 Å². The molecule has 3 rings (SSSR count).